The number of ether oxygens (including phenoxy) is 1. The maximum absolute atomic E-state index is 11.5. The van der Waals surface area contributed by atoms with Crippen LogP contribution in [-0.4, -0.2) is 47.7 Å². The Morgan fingerprint density at radius 2 is 1.78 bits per heavy atom. The molecule has 1 aromatic carbocycles. The first-order chi connectivity index (χ1) is 10.6. The maximum Gasteiger partial charge on any atom is 0.413 e. The van der Waals surface area contributed by atoms with Crippen LogP contribution in [0.25, 0.3) is 0 Å². The number of benzene rings is 1. The van der Waals surface area contributed by atoms with E-state index < -0.39 is 34.0 Å². The van der Waals surface area contributed by atoms with Crippen LogP contribution in [0.1, 0.15) is 12.5 Å². The minimum Gasteiger partial charge on any atom is -0.480 e. The molecule has 0 unspecified atom stereocenters. The lowest BCUT2D eigenvalue weighted by Gasteiger charge is -2.13. The van der Waals surface area contributed by atoms with Gasteiger partial charge >= 0.3 is 12.1 Å². The Morgan fingerprint density at radius 3 is 2.22 bits per heavy atom. The van der Waals surface area contributed by atoms with Gasteiger partial charge in [-0.3, -0.25) is 9.35 Å². The second kappa shape index (κ2) is 7.70. The largest absolute Gasteiger partial charge is 0.480 e. The van der Waals surface area contributed by atoms with Crippen LogP contribution in [0, 0.1) is 0 Å². The molecule has 23 heavy (non-hydrogen) atoms. The predicted octanol–water partition coefficient (Wildman–Crippen LogP) is 0.248. The van der Waals surface area contributed by atoms with Crippen molar-refractivity contribution < 1.29 is 37.2 Å². The smallest absolute Gasteiger partial charge is 0.413 e. The Labute approximate surface area is 132 Å². The first-order valence-electron chi connectivity index (χ1n) is 6.31. The van der Waals surface area contributed by atoms with Crippen LogP contribution in [0.2, 0.25) is 0 Å². The van der Waals surface area contributed by atoms with E-state index in [2.05, 4.69) is 0 Å². The normalized spacial score (nSPS) is 12.3. The summed E-state index contributed by atoms with van der Waals surface area (Å²) in [6.07, 6.45) is -0.970. The molecule has 1 rings (SSSR count). The van der Waals surface area contributed by atoms with Crippen molar-refractivity contribution in [2.75, 3.05) is 5.75 Å². The summed E-state index contributed by atoms with van der Waals surface area (Å²) in [5.41, 5.74) is 0.708. The molecule has 0 aromatic heterocycles. The van der Waals surface area contributed by atoms with Crippen LogP contribution in [0.3, 0.4) is 0 Å². The molecule has 0 aliphatic rings. The fraction of sp³-hybridized carbons (Fsp3) is 0.308. The predicted molar refractivity (Wildman–Crippen MR) is 77.8 cm³/mol. The van der Waals surface area contributed by atoms with Gasteiger partial charge in [-0.25, -0.2) is 9.59 Å². The third kappa shape index (κ3) is 7.38. The van der Waals surface area contributed by atoms with Crippen molar-refractivity contribution in [3.05, 3.63) is 29.8 Å². The van der Waals surface area contributed by atoms with E-state index in [9.17, 15) is 22.8 Å². The number of carboxylic acids is 1. The minimum atomic E-state index is -4.59. The number of hydrogen-bond acceptors (Lipinski definition) is 6. The monoisotopic (exact) mass is 345 g/mol. The molecule has 0 aliphatic heterocycles. The molecule has 0 bridgehead atoms. The van der Waals surface area contributed by atoms with Gasteiger partial charge in [0.25, 0.3) is 10.1 Å². The number of amides is 1. The van der Waals surface area contributed by atoms with Gasteiger partial charge in [0.1, 0.15) is 23.3 Å². The summed E-state index contributed by atoms with van der Waals surface area (Å²) < 4.78 is 34.8. The molecule has 0 spiro atoms. The molecule has 3 N–H and O–H groups in total. The quantitative estimate of drug-likeness (QED) is 0.596. The molecule has 1 atom stereocenters. The van der Waals surface area contributed by atoms with Crippen LogP contribution in [-0.2, 0) is 26.1 Å². The van der Waals surface area contributed by atoms with Crippen LogP contribution in [0.15, 0.2) is 24.3 Å². The van der Waals surface area contributed by atoms with Gasteiger partial charge in [-0.2, -0.15) is 8.42 Å². The molecule has 0 saturated heterocycles. The molecular weight excluding hydrogens is 330 g/mol. The summed E-state index contributed by atoms with van der Waals surface area (Å²) in [4.78, 5) is 33.3. The number of aliphatic carboxylic acids is 1. The molecule has 0 radical (unpaired) electrons. The molecular formula is C13H15NO8S. The van der Waals surface area contributed by atoms with E-state index in [0.29, 0.717) is 5.56 Å². The van der Waals surface area contributed by atoms with Gasteiger partial charge in [-0.15, -0.1) is 0 Å². The van der Waals surface area contributed by atoms with Gasteiger partial charge in [0.15, 0.2) is 0 Å². The zero-order chi connectivity index (χ0) is 17.6. The minimum absolute atomic E-state index is 0.0362. The van der Waals surface area contributed by atoms with E-state index in [1.807, 2.05) is 5.32 Å². The van der Waals surface area contributed by atoms with Crippen molar-refractivity contribution in [2.24, 2.45) is 0 Å². The fourth-order valence-electron chi connectivity index (χ4n) is 1.63. The lowest BCUT2D eigenvalue weighted by atomic mass is 10.1. The van der Waals surface area contributed by atoms with E-state index >= 15 is 0 Å². The Morgan fingerprint density at radius 1 is 1.22 bits per heavy atom. The Bertz CT molecular complexity index is 695. The van der Waals surface area contributed by atoms with E-state index in [1.165, 1.54) is 19.1 Å². The third-order valence-electron chi connectivity index (χ3n) is 2.55. The average Bonchev–Trinajstić information content (AvgIpc) is 2.38. The summed E-state index contributed by atoms with van der Waals surface area (Å²) >= 11 is 0. The lowest BCUT2D eigenvalue weighted by Crippen LogP contribution is -2.46. The van der Waals surface area contributed by atoms with Crippen LogP contribution in [0.5, 0.6) is 5.75 Å². The van der Waals surface area contributed by atoms with Crippen LogP contribution in [0.4, 0.5) is 4.79 Å². The highest BCUT2D eigenvalue weighted by Gasteiger charge is 2.26. The van der Waals surface area contributed by atoms with E-state index in [-0.39, 0.29) is 18.0 Å². The molecule has 0 saturated carbocycles. The van der Waals surface area contributed by atoms with Crippen LogP contribution < -0.4 is 10.1 Å². The number of carbonyl (C=O) groups excluding carboxylic acids is 2. The summed E-state index contributed by atoms with van der Waals surface area (Å²) in [6.45, 7) is 1.43. The number of ketones is 1. The third-order valence-corrected chi connectivity index (χ3v) is 3.31. The van der Waals surface area contributed by atoms with Gasteiger partial charge in [0.05, 0.1) is 0 Å². The molecule has 0 heterocycles. The van der Waals surface area contributed by atoms with Crippen molar-refractivity contribution in [2.45, 2.75) is 19.4 Å². The maximum atomic E-state index is 11.5. The van der Waals surface area contributed by atoms with Gasteiger partial charge in [0.2, 0.25) is 0 Å². The van der Waals surface area contributed by atoms with Gasteiger partial charge < -0.3 is 15.2 Å². The van der Waals surface area contributed by atoms with Crippen LogP contribution >= 0.6 is 0 Å². The van der Waals surface area contributed by atoms with Gasteiger partial charge in [-0.05, 0) is 24.6 Å². The van der Waals surface area contributed by atoms with E-state index in [4.69, 9.17) is 14.4 Å². The number of rotatable bonds is 7. The summed E-state index contributed by atoms with van der Waals surface area (Å²) in [5, 5.41) is 10.6. The average molecular weight is 345 g/mol. The van der Waals surface area contributed by atoms with Crippen molar-refractivity contribution >= 4 is 28.0 Å². The van der Waals surface area contributed by atoms with Crippen molar-refractivity contribution in [1.29, 1.82) is 0 Å². The van der Waals surface area contributed by atoms with E-state index in [1.54, 1.807) is 12.1 Å². The molecule has 1 aromatic rings. The van der Waals surface area contributed by atoms with Gasteiger partial charge in [0, 0.05) is 6.42 Å². The Hall–Kier alpha value is -2.46. The number of carboxylic acid groups (broad SMARTS) is 1. The van der Waals surface area contributed by atoms with Crippen molar-refractivity contribution in [3.63, 3.8) is 0 Å². The highest BCUT2D eigenvalue weighted by Crippen LogP contribution is 2.13. The number of Topliss-reactive ketones (excluding diaryl/α,β-unsaturated/α-hetero) is 1. The highest BCUT2D eigenvalue weighted by atomic mass is 32.2. The standard InChI is InChI=1S/C13H15NO8S/c1-8(15)6-9-2-4-10(5-3-9)22-13(18)14-11(12(16)17)7-23(19,20)21/h2-5,11H,6-7H2,1H3,(H,14,18)(H,16,17)(H,19,20,21)/t11-/m0/s1. The molecule has 1 amide bonds. The fourth-order valence-corrected chi connectivity index (χ4v) is 2.27. The first kappa shape index (κ1) is 18.6. The SMILES string of the molecule is CC(=O)Cc1ccc(OC(=O)N[C@@H](CS(=O)(=O)O)C(=O)O)cc1. The summed E-state index contributed by atoms with van der Waals surface area (Å²) in [6, 6.07) is 4.05. The summed E-state index contributed by atoms with van der Waals surface area (Å²) in [5.74, 6) is -2.79. The van der Waals surface area contributed by atoms with Crippen molar-refractivity contribution in [3.8, 4) is 5.75 Å². The Kier molecular flexibility index (Phi) is 6.22. The molecule has 10 heteroatoms. The molecule has 0 fully saturated rings. The van der Waals surface area contributed by atoms with Crippen molar-refractivity contribution in [1.82, 2.24) is 5.32 Å². The Balaban J connectivity index is 2.67. The highest BCUT2D eigenvalue weighted by molar-refractivity contribution is 7.85. The number of nitrogens with one attached hydrogen (secondary N) is 1. The molecule has 126 valence electrons. The number of carbonyl (C=O) groups is 3. The zero-order valence-corrected chi connectivity index (χ0v) is 12.9. The zero-order valence-electron chi connectivity index (χ0n) is 12.1. The number of hydrogen-bond donors (Lipinski definition) is 3. The second-order valence-corrected chi connectivity index (χ2v) is 6.19. The molecule has 9 nitrogen and oxygen atoms in total. The molecule has 0 aliphatic carbocycles. The summed E-state index contributed by atoms with van der Waals surface area (Å²) in [7, 11) is -4.59. The van der Waals surface area contributed by atoms with Gasteiger partial charge in [-0.1, -0.05) is 12.1 Å². The second-order valence-electron chi connectivity index (χ2n) is 4.70. The lowest BCUT2D eigenvalue weighted by molar-refractivity contribution is -0.138. The van der Waals surface area contributed by atoms with E-state index in [0.717, 1.165) is 0 Å². The first-order valence-corrected chi connectivity index (χ1v) is 7.92. The topological polar surface area (TPSA) is 147 Å².